The summed E-state index contributed by atoms with van der Waals surface area (Å²) >= 11 is 0. The zero-order chi connectivity index (χ0) is 17.2. The van der Waals surface area contributed by atoms with Crippen molar-refractivity contribution in [1.82, 2.24) is 0 Å². The molecule has 0 saturated heterocycles. The van der Waals surface area contributed by atoms with Crippen molar-refractivity contribution in [2.75, 3.05) is 6.79 Å². The monoisotopic (exact) mass is 329 g/mol. The molecule has 0 fully saturated rings. The van der Waals surface area contributed by atoms with Gasteiger partial charge in [0.2, 0.25) is 6.79 Å². The Labute approximate surface area is 145 Å². The molecule has 0 radical (unpaired) electrons. The van der Waals surface area contributed by atoms with Crippen LogP contribution >= 0.6 is 0 Å². The van der Waals surface area contributed by atoms with E-state index in [1.807, 2.05) is 43.3 Å². The number of fused-ring (bicyclic) bond motifs is 2. The Morgan fingerprint density at radius 3 is 2.56 bits per heavy atom. The van der Waals surface area contributed by atoms with Crippen molar-refractivity contribution >= 4 is 17.5 Å². The third kappa shape index (κ3) is 3.02. The molecule has 0 N–H and O–H groups in total. The molecule has 0 unspecified atom stereocenters. The normalized spacial score (nSPS) is 15.2. The topological polar surface area (TPSA) is 67.0 Å². The molecule has 2 aliphatic rings. The van der Waals surface area contributed by atoms with Crippen molar-refractivity contribution in [2.24, 2.45) is 10.2 Å². The van der Waals surface area contributed by atoms with E-state index < -0.39 is 0 Å². The maximum Gasteiger partial charge on any atom is 0.231 e. The van der Waals surface area contributed by atoms with Gasteiger partial charge in [-0.15, -0.1) is 0 Å². The van der Waals surface area contributed by atoms with E-state index in [1.54, 1.807) is 12.1 Å². The number of nitrogens with zero attached hydrogens (tertiary/aromatic N) is 3. The number of benzene rings is 2. The number of rotatable bonds is 2. The van der Waals surface area contributed by atoms with Gasteiger partial charge in [0.25, 0.3) is 0 Å². The molecular formula is C20H15N3O2. The number of nitriles is 1. The Kier molecular flexibility index (Phi) is 3.79. The van der Waals surface area contributed by atoms with Crippen LogP contribution in [-0.2, 0) is 6.42 Å². The summed E-state index contributed by atoms with van der Waals surface area (Å²) in [4.78, 5) is 0. The minimum absolute atomic E-state index is 0.249. The van der Waals surface area contributed by atoms with Gasteiger partial charge in [-0.05, 0) is 48.4 Å². The summed E-state index contributed by atoms with van der Waals surface area (Å²) in [5.74, 6) is 1.50. The van der Waals surface area contributed by atoms with E-state index in [9.17, 15) is 0 Å². The van der Waals surface area contributed by atoms with Gasteiger partial charge < -0.3 is 9.47 Å². The van der Waals surface area contributed by atoms with Gasteiger partial charge in [0, 0.05) is 17.7 Å². The van der Waals surface area contributed by atoms with Crippen molar-refractivity contribution in [3.05, 3.63) is 64.7 Å². The lowest BCUT2D eigenvalue weighted by molar-refractivity contribution is 0.174. The minimum Gasteiger partial charge on any atom is -0.454 e. The largest absolute Gasteiger partial charge is 0.454 e. The fourth-order valence-corrected chi connectivity index (χ4v) is 2.84. The molecule has 0 saturated carbocycles. The molecule has 2 heterocycles. The maximum atomic E-state index is 8.88. The van der Waals surface area contributed by atoms with Crippen LogP contribution in [-0.4, -0.2) is 18.2 Å². The quantitative estimate of drug-likeness (QED) is 0.843. The molecule has 0 bridgehead atoms. The van der Waals surface area contributed by atoms with Crippen molar-refractivity contribution in [3.63, 3.8) is 0 Å². The van der Waals surface area contributed by atoms with Gasteiger partial charge in [-0.25, -0.2) is 0 Å². The van der Waals surface area contributed by atoms with Crippen molar-refractivity contribution in [2.45, 2.75) is 13.3 Å². The van der Waals surface area contributed by atoms with Gasteiger partial charge in [0.05, 0.1) is 17.3 Å². The third-order valence-electron chi connectivity index (χ3n) is 4.12. The van der Waals surface area contributed by atoms with E-state index >= 15 is 0 Å². The molecule has 5 nitrogen and oxygen atoms in total. The lowest BCUT2D eigenvalue weighted by Crippen LogP contribution is -2.03. The average Bonchev–Trinajstić information content (AvgIpc) is 3.02. The highest BCUT2D eigenvalue weighted by Gasteiger charge is 2.20. The van der Waals surface area contributed by atoms with Gasteiger partial charge in [0.15, 0.2) is 11.5 Å². The van der Waals surface area contributed by atoms with Crippen molar-refractivity contribution < 1.29 is 9.47 Å². The zero-order valence-corrected chi connectivity index (χ0v) is 13.7. The van der Waals surface area contributed by atoms with Crippen LogP contribution in [0, 0.1) is 11.3 Å². The first-order chi connectivity index (χ1) is 12.2. The Hall–Kier alpha value is -3.39. The predicted octanol–water partition coefficient (Wildman–Crippen LogP) is 3.72. The smallest absolute Gasteiger partial charge is 0.231 e. The van der Waals surface area contributed by atoms with Crippen LogP contribution in [0.15, 0.2) is 52.7 Å². The maximum absolute atomic E-state index is 8.88. The molecule has 0 atom stereocenters. The highest BCUT2D eigenvalue weighted by atomic mass is 16.7. The highest BCUT2D eigenvalue weighted by Crippen LogP contribution is 2.36. The molecule has 122 valence electrons. The second-order valence-electron chi connectivity index (χ2n) is 5.93. The molecule has 4 rings (SSSR count). The molecule has 0 amide bonds. The lowest BCUT2D eigenvalue weighted by Gasteiger charge is -2.08. The van der Waals surface area contributed by atoms with E-state index in [0.717, 1.165) is 46.0 Å². The molecule has 0 aliphatic carbocycles. The zero-order valence-electron chi connectivity index (χ0n) is 13.7. The fraction of sp³-hybridized carbons (Fsp3) is 0.150. The Bertz CT molecular complexity index is 964. The van der Waals surface area contributed by atoms with Crippen molar-refractivity contribution in [3.8, 4) is 17.6 Å². The van der Waals surface area contributed by atoms with E-state index in [1.165, 1.54) is 0 Å². The summed E-state index contributed by atoms with van der Waals surface area (Å²) in [5.41, 5.74) is 5.47. The number of allylic oxidation sites excluding steroid dienone is 1. The summed E-state index contributed by atoms with van der Waals surface area (Å²) in [6.45, 7) is 2.21. The van der Waals surface area contributed by atoms with Gasteiger partial charge in [0.1, 0.15) is 0 Å². The fourth-order valence-electron chi connectivity index (χ4n) is 2.84. The number of ether oxygens (including phenoxy) is 2. The Morgan fingerprint density at radius 1 is 1.04 bits per heavy atom. The number of hydrogen-bond donors (Lipinski definition) is 0. The van der Waals surface area contributed by atoms with Gasteiger partial charge in [-0.3, -0.25) is 0 Å². The van der Waals surface area contributed by atoms with Crippen LogP contribution in [0.1, 0.15) is 29.2 Å². The van der Waals surface area contributed by atoms with E-state index in [-0.39, 0.29) is 6.79 Å². The summed E-state index contributed by atoms with van der Waals surface area (Å²) in [7, 11) is 0. The third-order valence-corrected chi connectivity index (χ3v) is 4.12. The molecule has 0 aromatic heterocycles. The van der Waals surface area contributed by atoms with Crippen molar-refractivity contribution in [1.29, 1.82) is 5.26 Å². The van der Waals surface area contributed by atoms with Crippen LogP contribution < -0.4 is 9.47 Å². The summed E-state index contributed by atoms with van der Waals surface area (Å²) in [5, 5.41) is 17.6. The SMILES string of the molecule is CC1=NN=C(/C=C/c2ccc(C#N)cc2)c2cc3c(cc2C1)OCO3. The van der Waals surface area contributed by atoms with Gasteiger partial charge in [-0.2, -0.15) is 15.5 Å². The summed E-state index contributed by atoms with van der Waals surface area (Å²) in [6, 6.07) is 13.5. The van der Waals surface area contributed by atoms with Crippen LogP contribution in [0.2, 0.25) is 0 Å². The molecule has 25 heavy (non-hydrogen) atoms. The van der Waals surface area contributed by atoms with Gasteiger partial charge in [-0.1, -0.05) is 18.2 Å². The molecule has 2 aromatic rings. The van der Waals surface area contributed by atoms with E-state index in [2.05, 4.69) is 16.3 Å². The molecule has 0 spiro atoms. The van der Waals surface area contributed by atoms with E-state index in [0.29, 0.717) is 5.56 Å². The predicted molar refractivity (Wildman–Crippen MR) is 96.1 cm³/mol. The van der Waals surface area contributed by atoms with Crippen LogP contribution in [0.4, 0.5) is 0 Å². The lowest BCUT2D eigenvalue weighted by atomic mass is 9.97. The molecule has 5 heteroatoms. The number of hydrogen-bond acceptors (Lipinski definition) is 5. The molecule has 2 aliphatic heterocycles. The van der Waals surface area contributed by atoms with Gasteiger partial charge >= 0.3 is 0 Å². The Balaban J connectivity index is 1.71. The second kappa shape index (κ2) is 6.25. The highest BCUT2D eigenvalue weighted by molar-refractivity contribution is 6.13. The Morgan fingerprint density at radius 2 is 1.80 bits per heavy atom. The first kappa shape index (κ1) is 15.2. The van der Waals surface area contributed by atoms with Crippen LogP contribution in [0.25, 0.3) is 6.08 Å². The first-order valence-corrected chi connectivity index (χ1v) is 7.95. The minimum atomic E-state index is 0.249. The standard InChI is InChI=1S/C20H15N3O2/c1-13-8-16-9-19-20(25-12-24-19)10-17(16)18(23-22-13)7-6-14-2-4-15(11-21)5-3-14/h2-7,9-10H,8,12H2,1H3/b7-6+. The molecule has 2 aromatic carbocycles. The summed E-state index contributed by atoms with van der Waals surface area (Å²) < 4.78 is 11.0. The van der Waals surface area contributed by atoms with E-state index in [4.69, 9.17) is 14.7 Å². The first-order valence-electron chi connectivity index (χ1n) is 7.95. The summed E-state index contributed by atoms with van der Waals surface area (Å²) in [6.07, 6.45) is 4.62. The second-order valence-corrected chi connectivity index (χ2v) is 5.93. The average molecular weight is 329 g/mol. The van der Waals surface area contributed by atoms with Crippen LogP contribution in [0.3, 0.4) is 0 Å². The molecular weight excluding hydrogens is 314 g/mol. The van der Waals surface area contributed by atoms with Crippen LogP contribution in [0.5, 0.6) is 11.5 Å².